The van der Waals surface area contributed by atoms with Crippen molar-refractivity contribution in [2.45, 2.75) is 38.5 Å². The summed E-state index contributed by atoms with van der Waals surface area (Å²) in [6.45, 7) is 5.00. The summed E-state index contributed by atoms with van der Waals surface area (Å²) >= 11 is 1.69. The van der Waals surface area contributed by atoms with Crippen LogP contribution < -0.4 is 5.73 Å². The van der Waals surface area contributed by atoms with Gasteiger partial charge in [0.05, 0.1) is 11.6 Å². The third-order valence-electron chi connectivity index (χ3n) is 3.33. The van der Waals surface area contributed by atoms with Crippen LogP contribution in [0.4, 0.5) is 0 Å². The van der Waals surface area contributed by atoms with Gasteiger partial charge in [-0.15, -0.1) is 35.3 Å². The SMILES string of the molecule is CC(CN=C(N)N1CCCCCC1)c1nccs1.I. The number of halogens is 1. The van der Waals surface area contributed by atoms with Gasteiger partial charge in [-0.25, -0.2) is 4.98 Å². The lowest BCUT2D eigenvalue weighted by Crippen LogP contribution is -2.38. The average Bonchev–Trinajstić information content (AvgIpc) is 2.78. The highest BCUT2D eigenvalue weighted by Crippen LogP contribution is 2.17. The van der Waals surface area contributed by atoms with E-state index in [4.69, 9.17) is 5.73 Å². The molecule has 2 heterocycles. The number of rotatable bonds is 3. The fraction of sp³-hybridized carbons (Fsp3) is 0.692. The number of aromatic nitrogens is 1. The van der Waals surface area contributed by atoms with Crippen LogP contribution in [-0.2, 0) is 0 Å². The van der Waals surface area contributed by atoms with E-state index in [1.165, 1.54) is 25.7 Å². The molecule has 2 N–H and O–H groups in total. The molecule has 1 fully saturated rings. The van der Waals surface area contributed by atoms with E-state index in [1.54, 1.807) is 11.3 Å². The molecule has 1 aromatic rings. The Morgan fingerprint density at radius 1 is 1.42 bits per heavy atom. The Bertz CT molecular complexity index is 372. The molecular formula is C13H23IN4S. The molecule has 0 radical (unpaired) electrons. The fourth-order valence-corrected chi connectivity index (χ4v) is 2.88. The van der Waals surface area contributed by atoms with Crippen LogP contribution in [0.15, 0.2) is 16.6 Å². The summed E-state index contributed by atoms with van der Waals surface area (Å²) in [5, 5.41) is 3.15. The Morgan fingerprint density at radius 2 is 2.11 bits per heavy atom. The lowest BCUT2D eigenvalue weighted by Gasteiger charge is -2.21. The molecule has 0 bridgehead atoms. The van der Waals surface area contributed by atoms with E-state index in [-0.39, 0.29) is 24.0 Å². The number of hydrogen-bond acceptors (Lipinski definition) is 3. The summed E-state index contributed by atoms with van der Waals surface area (Å²) in [5.41, 5.74) is 6.08. The zero-order chi connectivity index (χ0) is 12.8. The second-order valence-electron chi connectivity index (χ2n) is 4.87. The summed E-state index contributed by atoms with van der Waals surface area (Å²) in [7, 11) is 0. The molecule has 0 aliphatic carbocycles. The van der Waals surface area contributed by atoms with E-state index >= 15 is 0 Å². The highest BCUT2D eigenvalue weighted by atomic mass is 127. The predicted molar refractivity (Wildman–Crippen MR) is 92.5 cm³/mol. The van der Waals surface area contributed by atoms with Gasteiger partial charge in [-0.3, -0.25) is 4.99 Å². The zero-order valence-corrected chi connectivity index (χ0v) is 14.6. The molecular weight excluding hydrogens is 371 g/mol. The van der Waals surface area contributed by atoms with Crippen LogP contribution in [0.2, 0.25) is 0 Å². The fourth-order valence-electron chi connectivity index (χ4n) is 2.19. The number of likely N-dealkylation sites (tertiary alicyclic amines) is 1. The van der Waals surface area contributed by atoms with Crippen molar-refractivity contribution >= 4 is 41.3 Å². The second-order valence-corrected chi connectivity index (χ2v) is 5.80. The molecule has 19 heavy (non-hydrogen) atoms. The van der Waals surface area contributed by atoms with Crippen LogP contribution in [0.1, 0.15) is 43.5 Å². The number of nitrogens with zero attached hydrogens (tertiary/aromatic N) is 3. The normalized spacial score (nSPS) is 18.6. The molecule has 0 aromatic carbocycles. The molecule has 108 valence electrons. The van der Waals surface area contributed by atoms with Crippen LogP contribution in [0.5, 0.6) is 0 Å². The van der Waals surface area contributed by atoms with E-state index in [0.29, 0.717) is 11.9 Å². The van der Waals surface area contributed by atoms with Gasteiger partial charge in [-0.1, -0.05) is 19.8 Å². The standard InChI is InChI=1S/C13H22N4S.HI/c1-11(12-15-6-9-18-12)10-16-13(14)17-7-4-2-3-5-8-17;/h6,9,11H,2-5,7-8,10H2,1H3,(H2,14,16);1H. The topological polar surface area (TPSA) is 54.5 Å². The molecule has 0 saturated carbocycles. The van der Waals surface area contributed by atoms with Crippen LogP contribution in [0, 0.1) is 0 Å². The highest BCUT2D eigenvalue weighted by molar-refractivity contribution is 14.0. The quantitative estimate of drug-likeness (QED) is 0.487. The third kappa shape index (κ3) is 5.25. The number of nitrogens with two attached hydrogens (primary N) is 1. The molecule has 1 atom stereocenters. The van der Waals surface area contributed by atoms with Crippen LogP contribution in [0.3, 0.4) is 0 Å². The van der Waals surface area contributed by atoms with E-state index in [2.05, 4.69) is 21.8 Å². The minimum Gasteiger partial charge on any atom is -0.370 e. The van der Waals surface area contributed by atoms with Crippen molar-refractivity contribution < 1.29 is 0 Å². The van der Waals surface area contributed by atoms with Gasteiger partial charge in [-0.2, -0.15) is 0 Å². The van der Waals surface area contributed by atoms with E-state index in [1.807, 2.05) is 11.6 Å². The summed E-state index contributed by atoms with van der Waals surface area (Å²) in [6, 6.07) is 0. The van der Waals surface area contributed by atoms with Crippen LogP contribution in [-0.4, -0.2) is 35.5 Å². The first-order chi connectivity index (χ1) is 8.77. The van der Waals surface area contributed by atoms with Gasteiger partial charge in [0, 0.05) is 30.6 Å². The van der Waals surface area contributed by atoms with Crippen LogP contribution >= 0.6 is 35.3 Å². The summed E-state index contributed by atoms with van der Waals surface area (Å²) in [4.78, 5) is 11.1. The van der Waals surface area contributed by atoms with Crippen molar-refractivity contribution in [2.24, 2.45) is 10.7 Å². The smallest absolute Gasteiger partial charge is 0.191 e. The minimum atomic E-state index is 0. The van der Waals surface area contributed by atoms with Crippen molar-refractivity contribution in [1.29, 1.82) is 0 Å². The first-order valence-electron chi connectivity index (χ1n) is 6.71. The lowest BCUT2D eigenvalue weighted by molar-refractivity contribution is 0.428. The van der Waals surface area contributed by atoms with E-state index < -0.39 is 0 Å². The van der Waals surface area contributed by atoms with Gasteiger partial charge >= 0.3 is 0 Å². The van der Waals surface area contributed by atoms with Crippen LogP contribution in [0.25, 0.3) is 0 Å². The van der Waals surface area contributed by atoms with Gasteiger partial charge in [0.1, 0.15) is 0 Å². The minimum absolute atomic E-state index is 0. The van der Waals surface area contributed by atoms with E-state index in [0.717, 1.165) is 24.6 Å². The maximum Gasteiger partial charge on any atom is 0.191 e. The number of guanidine groups is 1. The monoisotopic (exact) mass is 394 g/mol. The van der Waals surface area contributed by atoms with Gasteiger partial charge in [0.15, 0.2) is 5.96 Å². The Hall–Kier alpha value is -0.370. The van der Waals surface area contributed by atoms with Gasteiger partial charge in [0.25, 0.3) is 0 Å². The van der Waals surface area contributed by atoms with Gasteiger partial charge in [-0.05, 0) is 12.8 Å². The lowest BCUT2D eigenvalue weighted by atomic mass is 10.2. The maximum absolute atomic E-state index is 6.08. The Morgan fingerprint density at radius 3 is 2.68 bits per heavy atom. The van der Waals surface area contributed by atoms with Gasteiger partial charge in [0.2, 0.25) is 0 Å². The van der Waals surface area contributed by atoms with Crippen molar-refractivity contribution in [3.8, 4) is 0 Å². The zero-order valence-electron chi connectivity index (χ0n) is 11.4. The van der Waals surface area contributed by atoms with Crippen molar-refractivity contribution in [3.05, 3.63) is 16.6 Å². The summed E-state index contributed by atoms with van der Waals surface area (Å²) in [5.74, 6) is 1.07. The Kier molecular flexibility index (Phi) is 7.67. The second kappa shape index (κ2) is 8.73. The molecule has 1 aromatic heterocycles. The largest absolute Gasteiger partial charge is 0.370 e. The third-order valence-corrected chi connectivity index (χ3v) is 4.34. The predicted octanol–water partition coefficient (Wildman–Crippen LogP) is 3.06. The average molecular weight is 394 g/mol. The number of thiazole rings is 1. The Labute approximate surface area is 136 Å². The summed E-state index contributed by atoms with van der Waals surface area (Å²) < 4.78 is 0. The number of aliphatic imine (C=N–C) groups is 1. The maximum atomic E-state index is 6.08. The molecule has 4 nitrogen and oxygen atoms in total. The molecule has 1 saturated heterocycles. The van der Waals surface area contributed by atoms with E-state index in [9.17, 15) is 0 Å². The molecule has 1 aliphatic heterocycles. The first kappa shape index (κ1) is 16.7. The molecule has 2 rings (SSSR count). The van der Waals surface area contributed by atoms with Crippen molar-refractivity contribution in [1.82, 2.24) is 9.88 Å². The molecule has 1 unspecified atom stereocenters. The number of hydrogen-bond donors (Lipinski definition) is 1. The molecule has 0 spiro atoms. The molecule has 0 amide bonds. The van der Waals surface area contributed by atoms with Crippen molar-refractivity contribution in [2.75, 3.05) is 19.6 Å². The summed E-state index contributed by atoms with van der Waals surface area (Å²) in [6.07, 6.45) is 6.95. The molecule has 6 heteroatoms. The Balaban J connectivity index is 0.00000180. The van der Waals surface area contributed by atoms with Gasteiger partial charge < -0.3 is 10.6 Å². The molecule has 1 aliphatic rings. The highest BCUT2D eigenvalue weighted by Gasteiger charge is 2.12. The van der Waals surface area contributed by atoms with Crippen molar-refractivity contribution in [3.63, 3.8) is 0 Å². The first-order valence-corrected chi connectivity index (χ1v) is 7.59.